The average Bonchev–Trinajstić information content (AvgIpc) is 3.06. The van der Waals surface area contributed by atoms with Crippen molar-refractivity contribution in [3.05, 3.63) is 56.8 Å². The molecule has 2 aromatic rings. The number of hydrogen-bond donors (Lipinski definition) is 1. The first-order chi connectivity index (χ1) is 9.93. The second-order valence-electron chi connectivity index (χ2n) is 7.13. The molecular weight excluding hydrogens is 276 g/mol. The van der Waals surface area contributed by atoms with E-state index in [2.05, 4.69) is 51.1 Å². The lowest BCUT2D eigenvalue weighted by Crippen LogP contribution is -2.08. The Kier molecular flexibility index (Phi) is 3.94. The molecule has 1 aliphatic rings. The number of thiophene rings is 1. The van der Waals surface area contributed by atoms with Crippen molar-refractivity contribution in [1.29, 1.82) is 0 Å². The maximum Gasteiger partial charge on any atom is 0.0922 e. The Morgan fingerprint density at radius 3 is 2.57 bits per heavy atom. The summed E-state index contributed by atoms with van der Waals surface area (Å²) in [5.41, 5.74) is 4.41. The highest BCUT2D eigenvalue weighted by Gasteiger charge is 2.19. The lowest BCUT2D eigenvalue weighted by Gasteiger charge is -2.16. The molecule has 0 aliphatic heterocycles. The fourth-order valence-electron chi connectivity index (χ4n) is 3.01. The summed E-state index contributed by atoms with van der Waals surface area (Å²) in [5, 5.41) is 10.5. The zero-order chi connectivity index (χ0) is 15.0. The summed E-state index contributed by atoms with van der Waals surface area (Å²) >= 11 is 1.74. The molecule has 1 aromatic carbocycles. The summed E-state index contributed by atoms with van der Waals surface area (Å²) in [7, 11) is 0. The molecule has 0 amide bonds. The van der Waals surface area contributed by atoms with E-state index in [4.69, 9.17) is 0 Å². The zero-order valence-corrected chi connectivity index (χ0v) is 14.0. The van der Waals surface area contributed by atoms with E-state index >= 15 is 0 Å². The van der Waals surface area contributed by atoms with Crippen LogP contribution < -0.4 is 0 Å². The summed E-state index contributed by atoms with van der Waals surface area (Å²) in [6, 6.07) is 11.0. The fraction of sp³-hybridized carbons (Fsp3) is 0.474. The third-order valence-electron chi connectivity index (χ3n) is 4.29. The summed E-state index contributed by atoms with van der Waals surface area (Å²) < 4.78 is 0. The summed E-state index contributed by atoms with van der Waals surface area (Å²) in [5.74, 6) is 0. The Hall–Kier alpha value is -1.12. The van der Waals surface area contributed by atoms with Crippen LogP contribution in [0.25, 0.3) is 0 Å². The molecule has 0 saturated heterocycles. The Balaban J connectivity index is 1.74. The van der Waals surface area contributed by atoms with Crippen LogP contribution in [0.3, 0.4) is 0 Å². The van der Waals surface area contributed by atoms with Crippen LogP contribution >= 0.6 is 11.3 Å². The molecule has 1 heterocycles. The van der Waals surface area contributed by atoms with Gasteiger partial charge in [0.2, 0.25) is 0 Å². The van der Waals surface area contributed by atoms with Gasteiger partial charge in [-0.05, 0) is 53.5 Å². The smallest absolute Gasteiger partial charge is 0.0922 e. The molecule has 0 saturated carbocycles. The Morgan fingerprint density at radius 2 is 1.86 bits per heavy atom. The Morgan fingerprint density at radius 1 is 1.10 bits per heavy atom. The summed E-state index contributed by atoms with van der Waals surface area (Å²) in [6.45, 7) is 6.65. The van der Waals surface area contributed by atoms with Crippen LogP contribution in [0.2, 0.25) is 0 Å². The van der Waals surface area contributed by atoms with Crippen molar-refractivity contribution in [3.8, 4) is 0 Å². The van der Waals surface area contributed by atoms with Crippen LogP contribution in [-0.4, -0.2) is 5.11 Å². The van der Waals surface area contributed by atoms with Gasteiger partial charge in [-0.3, -0.25) is 0 Å². The van der Waals surface area contributed by atoms with Gasteiger partial charge in [-0.1, -0.05) is 39.0 Å². The molecule has 1 N–H and O–H groups in total. The number of hydrogen-bond acceptors (Lipinski definition) is 2. The molecule has 0 fully saturated rings. The van der Waals surface area contributed by atoms with Gasteiger partial charge in [-0.2, -0.15) is 0 Å². The van der Waals surface area contributed by atoms with Crippen LogP contribution in [-0.2, 0) is 24.7 Å². The molecule has 0 bridgehead atoms. The minimum atomic E-state index is -0.384. The largest absolute Gasteiger partial charge is 0.387 e. The highest BCUT2D eigenvalue weighted by atomic mass is 32.1. The van der Waals surface area contributed by atoms with Crippen molar-refractivity contribution in [3.63, 3.8) is 0 Å². The molecule has 1 aromatic heterocycles. The van der Waals surface area contributed by atoms with Crippen molar-refractivity contribution in [2.24, 2.45) is 0 Å². The summed E-state index contributed by atoms with van der Waals surface area (Å²) in [6.07, 6.45) is 4.04. The third kappa shape index (κ3) is 3.22. The molecule has 21 heavy (non-hydrogen) atoms. The number of fused-ring (bicyclic) bond motifs is 1. The second kappa shape index (κ2) is 5.58. The minimum Gasteiger partial charge on any atom is -0.387 e. The topological polar surface area (TPSA) is 20.2 Å². The number of aliphatic hydroxyl groups excluding tert-OH is 1. The molecule has 1 nitrogen and oxygen atoms in total. The monoisotopic (exact) mass is 300 g/mol. The van der Waals surface area contributed by atoms with Crippen molar-refractivity contribution in [2.75, 3.05) is 0 Å². The van der Waals surface area contributed by atoms with Crippen molar-refractivity contribution < 1.29 is 5.11 Å². The first-order valence-corrected chi connectivity index (χ1v) is 8.64. The third-order valence-corrected chi connectivity index (χ3v) is 5.90. The number of rotatable bonds is 3. The van der Waals surface area contributed by atoms with Crippen LogP contribution in [0.15, 0.2) is 30.3 Å². The van der Waals surface area contributed by atoms with Crippen LogP contribution in [0.4, 0.5) is 0 Å². The molecule has 1 aliphatic carbocycles. The first-order valence-electron chi connectivity index (χ1n) is 7.82. The first kappa shape index (κ1) is 14.8. The van der Waals surface area contributed by atoms with Crippen LogP contribution in [0.5, 0.6) is 0 Å². The SMILES string of the molecule is CC(C)(C)c1ccc(C(O)Cc2ccc3c(c2)CCC3)s1. The maximum absolute atomic E-state index is 10.5. The maximum atomic E-state index is 10.5. The summed E-state index contributed by atoms with van der Waals surface area (Å²) in [4.78, 5) is 2.42. The number of benzene rings is 1. The van der Waals surface area contributed by atoms with Crippen LogP contribution in [0.1, 0.15) is 59.7 Å². The lowest BCUT2D eigenvalue weighted by molar-refractivity contribution is 0.182. The number of aliphatic hydroxyl groups is 1. The quantitative estimate of drug-likeness (QED) is 0.862. The average molecular weight is 300 g/mol. The number of aryl methyl sites for hydroxylation is 2. The zero-order valence-electron chi connectivity index (χ0n) is 13.1. The molecule has 3 rings (SSSR count). The Bertz CT molecular complexity index is 633. The van der Waals surface area contributed by atoms with Crippen molar-refractivity contribution >= 4 is 11.3 Å². The Labute approximate surface area is 131 Å². The molecule has 1 unspecified atom stereocenters. The van der Waals surface area contributed by atoms with Gasteiger partial charge in [0.15, 0.2) is 0 Å². The normalized spacial score (nSPS) is 16.0. The molecular formula is C19H24OS. The van der Waals surface area contributed by atoms with E-state index in [9.17, 15) is 5.11 Å². The predicted molar refractivity (Wildman–Crippen MR) is 90.1 cm³/mol. The second-order valence-corrected chi connectivity index (χ2v) is 8.24. The van der Waals surface area contributed by atoms with Gasteiger partial charge < -0.3 is 5.11 Å². The van der Waals surface area contributed by atoms with E-state index in [0.717, 1.165) is 11.3 Å². The van der Waals surface area contributed by atoms with Crippen molar-refractivity contribution in [2.45, 2.75) is 58.0 Å². The standard InChI is InChI=1S/C19H24OS/c1-19(2,3)18-10-9-17(21-18)16(20)12-13-7-8-14-5-4-6-15(14)11-13/h7-11,16,20H,4-6,12H2,1-3H3. The van der Waals surface area contributed by atoms with E-state index in [1.54, 1.807) is 11.3 Å². The van der Waals surface area contributed by atoms with E-state index in [1.807, 2.05) is 0 Å². The van der Waals surface area contributed by atoms with Gasteiger partial charge >= 0.3 is 0 Å². The minimum absolute atomic E-state index is 0.163. The molecule has 0 radical (unpaired) electrons. The lowest BCUT2D eigenvalue weighted by atomic mass is 9.95. The molecule has 1 atom stereocenters. The highest BCUT2D eigenvalue weighted by Crippen LogP contribution is 2.33. The van der Waals surface area contributed by atoms with Crippen molar-refractivity contribution in [1.82, 2.24) is 0 Å². The molecule has 2 heteroatoms. The molecule has 0 spiro atoms. The van der Waals surface area contributed by atoms with Gasteiger partial charge in [0, 0.05) is 16.2 Å². The highest BCUT2D eigenvalue weighted by molar-refractivity contribution is 7.12. The van der Waals surface area contributed by atoms with E-state index in [-0.39, 0.29) is 11.5 Å². The van der Waals surface area contributed by atoms with Crippen LogP contribution in [0, 0.1) is 0 Å². The predicted octanol–water partition coefficient (Wildman–Crippen LogP) is 4.81. The van der Waals surface area contributed by atoms with Gasteiger partial charge in [-0.15, -0.1) is 11.3 Å². The fourth-order valence-corrected chi connectivity index (χ4v) is 4.06. The van der Waals surface area contributed by atoms with Gasteiger partial charge in [-0.25, -0.2) is 0 Å². The van der Waals surface area contributed by atoms with Gasteiger partial charge in [0.1, 0.15) is 0 Å². The molecule has 112 valence electrons. The van der Waals surface area contributed by atoms with Gasteiger partial charge in [0.05, 0.1) is 6.10 Å². The van der Waals surface area contributed by atoms with E-state index < -0.39 is 0 Å². The van der Waals surface area contributed by atoms with E-state index in [0.29, 0.717) is 0 Å². The van der Waals surface area contributed by atoms with Gasteiger partial charge in [0.25, 0.3) is 0 Å². The van der Waals surface area contributed by atoms with E-state index in [1.165, 1.54) is 40.8 Å².